The first kappa shape index (κ1) is 15.0. The van der Waals surface area contributed by atoms with Gasteiger partial charge in [0.05, 0.1) is 17.1 Å². The molecule has 0 saturated heterocycles. The van der Waals surface area contributed by atoms with Crippen molar-refractivity contribution in [2.75, 3.05) is 13.2 Å². The van der Waals surface area contributed by atoms with Crippen molar-refractivity contribution in [1.82, 2.24) is 4.72 Å². The number of carbonyl (C=O) groups is 1. The highest BCUT2D eigenvalue weighted by atomic mass is 32.2. The second-order valence-electron chi connectivity index (χ2n) is 4.89. The Hall–Kier alpha value is -1.40. The second-order valence-corrected chi connectivity index (χ2v) is 6.66. The first-order chi connectivity index (χ1) is 9.53. The van der Waals surface area contributed by atoms with Crippen LogP contribution in [0.3, 0.4) is 0 Å². The number of hydrogen-bond donors (Lipinski definition) is 1. The molecule has 1 aromatic carbocycles. The van der Waals surface area contributed by atoms with Crippen molar-refractivity contribution in [3.05, 3.63) is 29.8 Å². The summed E-state index contributed by atoms with van der Waals surface area (Å²) in [5, 5.41) is 0. The predicted octanol–water partition coefficient (Wildman–Crippen LogP) is 1.94. The zero-order chi connectivity index (χ0) is 14.6. The van der Waals surface area contributed by atoms with Crippen LogP contribution in [0.4, 0.5) is 0 Å². The first-order valence-corrected chi connectivity index (χ1v) is 8.28. The molecule has 0 aromatic heterocycles. The molecule has 6 heteroatoms. The zero-order valence-corrected chi connectivity index (χ0v) is 12.3. The highest BCUT2D eigenvalue weighted by Crippen LogP contribution is 2.25. The van der Waals surface area contributed by atoms with Crippen molar-refractivity contribution < 1.29 is 17.9 Å². The number of ether oxygens (including phenoxy) is 1. The fraction of sp³-hybridized carbons (Fsp3) is 0.500. The van der Waals surface area contributed by atoms with Crippen LogP contribution in [0, 0.1) is 5.92 Å². The van der Waals surface area contributed by atoms with Crippen LogP contribution >= 0.6 is 0 Å². The smallest absolute Gasteiger partial charge is 0.338 e. The second kappa shape index (κ2) is 6.37. The van der Waals surface area contributed by atoms with Gasteiger partial charge in [-0.2, -0.15) is 0 Å². The third-order valence-corrected chi connectivity index (χ3v) is 4.90. The number of benzene rings is 1. The van der Waals surface area contributed by atoms with Crippen molar-refractivity contribution in [1.29, 1.82) is 0 Å². The molecule has 0 atom stereocenters. The summed E-state index contributed by atoms with van der Waals surface area (Å²) in [4.78, 5) is 11.7. The molecular weight excluding hydrogens is 278 g/mol. The third kappa shape index (κ3) is 3.58. The third-order valence-electron chi connectivity index (χ3n) is 3.46. The van der Waals surface area contributed by atoms with Crippen molar-refractivity contribution >= 4 is 16.0 Å². The summed E-state index contributed by atoms with van der Waals surface area (Å²) < 4.78 is 31.6. The van der Waals surface area contributed by atoms with E-state index in [1.807, 2.05) is 0 Å². The van der Waals surface area contributed by atoms with Gasteiger partial charge in [0.2, 0.25) is 10.0 Å². The van der Waals surface area contributed by atoms with Gasteiger partial charge in [-0.3, -0.25) is 0 Å². The van der Waals surface area contributed by atoms with Gasteiger partial charge in [-0.15, -0.1) is 0 Å². The molecule has 0 bridgehead atoms. The fourth-order valence-corrected chi connectivity index (χ4v) is 3.11. The molecule has 2 rings (SSSR count). The summed E-state index contributed by atoms with van der Waals surface area (Å²) in [6, 6.07) is 5.79. The van der Waals surface area contributed by atoms with Gasteiger partial charge in [0.1, 0.15) is 0 Å². The number of hydrogen-bond acceptors (Lipinski definition) is 4. The largest absolute Gasteiger partial charge is 0.462 e. The molecule has 20 heavy (non-hydrogen) atoms. The maximum atomic E-state index is 12.1. The first-order valence-electron chi connectivity index (χ1n) is 6.80. The highest BCUT2D eigenvalue weighted by molar-refractivity contribution is 7.89. The molecule has 1 fully saturated rings. The van der Waals surface area contributed by atoms with Gasteiger partial charge < -0.3 is 4.74 Å². The van der Waals surface area contributed by atoms with Gasteiger partial charge in [-0.25, -0.2) is 17.9 Å². The summed E-state index contributed by atoms with van der Waals surface area (Å²) in [5.41, 5.74) is 0.352. The lowest BCUT2D eigenvalue weighted by Crippen LogP contribution is -2.32. The van der Waals surface area contributed by atoms with Crippen LogP contribution in [0.1, 0.15) is 36.5 Å². The lowest BCUT2D eigenvalue weighted by Gasteiger charge is -2.25. The number of rotatable bonds is 6. The van der Waals surface area contributed by atoms with E-state index in [9.17, 15) is 13.2 Å². The van der Waals surface area contributed by atoms with E-state index >= 15 is 0 Å². The van der Waals surface area contributed by atoms with Gasteiger partial charge in [0.25, 0.3) is 0 Å². The molecule has 0 spiro atoms. The lowest BCUT2D eigenvalue weighted by atomic mass is 9.86. The number of esters is 1. The van der Waals surface area contributed by atoms with Crippen molar-refractivity contribution in [2.24, 2.45) is 5.92 Å². The minimum Gasteiger partial charge on any atom is -0.462 e. The SMILES string of the molecule is CCOC(=O)c1ccc(S(=O)(=O)NCC2CCC2)cc1. The molecule has 0 aliphatic heterocycles. The molecule has 110 valence electrons. The monoisotopic (exact) mass is 297 g/mol. The van der Waals surface area contributed by atoms with Crippen LogP contribution < -0.4 is 4.72 Å². The van der Waals surface area contributed by atoms with Crippen LogP contribution in [0.25, 0.3) is 0 Å². The molecule has 5 nitrogen and oxygen atoms in total. The van der Waals surface area contributed by atoms with E-state index in [0.717, 1.165) is 12.8 Å². The Labute approximate surface area is 119 Å². The highest BCUT2D eigenvalue weighted by Gasteiger charge is 2.21. The van der Waals surface area contributed by atoms with Crippen molar-refractivity contribution in [2.45, 2.75) is 31.1 Å². The number of sulfonamides is 1. The van der Waals surface area contributed by atoms with Crippen LogP contribution in [-0.4, -0.2) is 27.5 Å². The zero-order valence-electron chi connectivity index (χ0n) is 11.5. The molecule has 1 N–H and O–H groups in total. The van der Waals surface area contributed by atoms with Crippen molar-refractivity contribution in [3.63, 3.8) is 0 Å². The standard InChI is InChI=1S/C14H19NO4S/c1-2-19-14(16)12-6-8-13(9-7-12)20(17,18)15-10-11-4-3-5-11/h6-9,11,15H,2-5,10H2,1H3. The van der Waals surface area contributed by atoms with E-state index in [-0.39, 0.29) is 4.90 Å². The molecule has 0 amide bonds. The number of nitrogens with one attached hydrogen (secondary N) is 1. The molecule has 1 saturated carbocycles. The van der Waals surface area contributed by atoms with Gasteiger partial charge in [0.15, 0.2) is 0 Å². The Kier molecular flexibility index (Phi) is 4.77. The average molecular weight is 297 g/mol. The van der Waals surface area contributed by atoms with Gasteiger partial charge in [0, 0.05) is 6.54 Å². The minimum absolute atomic E-state index is 0.171. The van der Waals surface area contributed by atoms with E-state index in [0.29, 0.717) is 24.6 Å². The quantitative estimate of drug-likeness (QED) is 0.814. The topological polar surface area (TPSA) is 72.5 Å². The molecule has 1 aromatic rings. The summed E-state index contributed by atoms with van der Waals surface area (Å²) >= 11 is 0. The van der Waals surface area contributed by atoms with Gasteiger partial charge in [-0.05, 0) is 49.9 Å². The molecule has 0 radical (unpaired) electrons. The molecule has 1 aliphatic rings. The van der Waals surface area contributed by atoms with Crippen molar-refractivity contribution in [3.8, 4) is 0 Å². The molecule has 1 aliphatic carbocycles. The maximum Gasteiger partial charge on any atom is 0.338 e. The summed E-state index contributed by atoms with van der Waals surface area (Å²) in [5.74, 6) is 0.0162. The van der Waals surface area contributed by atoms with E-state index in [1.54, 1.807) is 6.92 Å². The molecule has 0 heterocycles. The summed E-state index contributed by atoms with van der Waals surface area (Å²) in [6.07, 6.45) is 3.36. The average Bonchev–Trinajstić information content (AvgIpc) is 2.37. The Morgan fingerprint density at radius 1 is 1.30 bits per heavy atom. The predicted molar refractivity (Wildman–Crippen MR) is 74.9 cm³/mol. The van der Waals surface area contributed by atoms with Crippen LogP contribution in [0.15, 0.2) is 29.2 Å². The van der Waals surface area contributed by atoms with Gasteiger partial charge in [-0.1, -0.05) is 6.42 Å². The van der Waals surface area contributed by atoms with Crippen LogP contribution in [-0.2, 0) is 14.8 Å². The maximum absolute atomic E-state index is 12.1. The summed E-state index contributed by atoms with van der Waals surface area (Å²) in [7, 11) is -3.49. The van der Waals surface area contributed by atoms with E-state index in [4.69, 9.17) is 4.74 Å². The Balaban J connectivity index is 2.02. The Morgan fingerprint density at radius 2 is 1.95 bits per heavy atom. The van der Waals surface area contributed by atoms with Crippen LogP contribution in [0.2, 0.25) is 0 Å². The number of carbonyl (C=O) groups excluding carboxylic acids is 1. The van der Waals surface area contributed by atoms with E-state index < -0.39 is 16.0 Å². The summed E-state index contributed by atoms with van der Waals surface area (Å²) in [6.45, 7) is 2.50. The van der Waals surface area contributed by atoms with Crippen LogP contribution in [0.5, 0.6) is 0 Å². The van der Waals surface area contributed by atoms with Gasteiger partial charge >= 0.3 is 5.97 Å². The lowest BCUT2D eigenvalue weighted by molar-refractivity contribution is 0.0526. The fourth-order valence-electron chi connectivity index (χ4n) is 1.99. The minimum atomic E-state index is -3.49. The molecular formula is C14H19NO4S. The normalized spacial score (nSPS) is 15.7. The van der Waals surface area contributed by atoms with E-state index in [2.05, 4.69) is 4.72 Å². The Morgan fingerprint density at radius 3 is 2.45 bits per heavy atom. The molecule has 0 unspecified atom stereocenters. The van der Waals surface area contributed by atoms with E-state index in [1.165, 1.54) is 30.7 Å². The Bertz CT molecular complexity index is 561.